The summed E-state index contributed by atoms with van der Waals surface area (Å²) in [5.74, 6) is 8.74. The van der Waals surface area contributed by atoms with Crippen molar-refractivity contribution < 1.29 is 29.6 Å². The van der Waals surface area contributed by atoms with E-state index in [0.717, 1.165) is 55.0 Å². The number of ether oxygens (including phenoxy) is 2. The van der Waals surface area contributed by atoms with Crippen molar-refractivity contribution in [3.8, 4) is 34.8 Å². The van der Waals surface area contributed by atoms with Crippen molar-refractivity contribution in [3.05, 3.63) is 46.0 Å². The molecule has 2 bridgehead atoms. The van der Waals surface area contributed by atoms with E-state index in [1.165, 1.54) is 7.11 Å². The van der Waals surface area contributed by atoms with Gasteiger partial charge in [-0.3, -0.25) is 9.79 Å². The molecule has 2 heterocycles. The molecule has 3 unspecified atom stereocenters. The fraction of sp³-hybridized carbons (Fsp3) is 0.543. The van der Waals surface area contributed by atoms with Gasteiger partial charge in [-0.25, -0.2) is 0 Å². The standard InChI is InChI=1S/C35H45N3O6/c1-21(2)19-37-35-36-14-13-26(38-35)15-22-16-30-24-8-11-28(40)18-27(39)10-7-23-9-12-31(41)33(43-3)29(23)6-4-5-25(17-24)32(42)34(30)44-20-22/h9,12,17,21-22,26,28,40-42H,5,7-8,10-11,13-16,18-20H2,1-3H3,(H2,36,37,38). The van der Waals surface area contributed by atoms with E-state index >= 15 is 0 Å². The van der Waals surface area contributed by atoms with Crippen LogP contribution in [0.1, 0.15) is 73.8 Å². The van der Waals surface area contributed by atoms with Crippen molar-refractivity contribution in [2.24, 2.45) is 16.8 Å². The number of carbonyl (C=O) groups excluding carboxylic acids is 1. The first kappa shape index (κ1) is 31.5. The highest BCUT2D eigenvalue weighted by Crippen LogP contribution is 2.42. The predicted octanol–water partition coefficient (Wildman–Crippen LogP) is 3.80. The Labute approximate surface area is 260 Å². The normalized spacial score (nSPS) is 22.1. The Hall–Kier alpha value is -3.90. The molecule has 2 aromatic rings. The van der Waals surface area contributed by atoms with E-state index in [2.05, 4.69) is 41.3 Å². The van der Waals surface area contributed by atoms with E-state index < -0.39 is 6.10 Å². The van der Waals surface area contributed by atoms with E-state index in [0.29, 0.717) is 48.7 Å². The molecule has 2 aromatic carbocycles. The lowest BCUT2D eigenvalue weighted by Gasteiger charge is -2.33. The number of benzene rings is 2. The van der Waals surface area contributed by atoms with Gasteiger partial charge in [0.2, 0.25) is 0 Å². The topological polar surface area (TPSA) is 133 Å². The number of nitrogens with one attached hydrogen (secondary N) is 2. The van der Waals surface area contributed by atoms with Gasteiger partial charge in [0.05, 0.1) is 25.4 Å². The maximum atomic E-state index is 12.8. The Morgan fingerprint density at radius 3 is 2.77 bits per heavy atom. The van der Waals surface area contributed by atoms with Crippen LogP contribution in [-0.4, -0.2) is 66.0 Å². The maximum Gasteiger partial charge on any atom is 0.191 e. The highest BCUT2D eigenvalue weighted by atomic mass is 16.5. The van der Waals surface area contributed by atoms with Crippen molar-refractivity contribution in [2.75, 3.05) is 26.8 Å². The lowest BCUT2D eigenvalue weighted by atomic mass is 9.85. The van der Waals surface area contributed by atoms with Crippen molar-refractivity contribution in [3.63, 3.8) is 0 Å². The van der Waals surface area contributed by atoms with Crippen LogP contribution in [0.4, 0.5) is 0 Å². The zero-order valence-electron chi connectivity index (χ0n) is 26.0. The molecule has 0 radical (unpaired) electrons. The van der Waals surface area contributed by atoms with Gasteiger partial charge in [0.1, 0.15) is 5.78 Å². The third kappa shape index (κ3) is 7.59. The molecule has 2 aliphatic heterocycles. The SMILES string of the molecule is COc1c(O)ccc2c1C#CCc1cc(c3c(c1O)OCC(CC1CCN=C(NCC(C)C)N1)C3)CCC(O)CC(=O)CC2. The molecule has 3 atom stereocenters. The first-order chi connectivity index (χ1) is 21.2. The third-order valence-electron chi connectivity index (χ3n) is 8.67. The molecule has 0 aromatic heterocycles. The van der Waals surface area contributed by atoms with Gasteiger partial charge in [0.25, 0.3) is 0 Å². The molecule has 0 amide bonds. The highest BCUT2D eigenvalue weighted by Gasteiger charge is 2.30. The molecule has 9 nitrogen and oxygen atoms in total. The van der Waals surface area contributed by atoms with Crippen LogP contribution in [0.3, 0.4) is 0 Å². The first-order valence-electron chi connectivity index (χ1n) is 15.8. The molecule has 5 N–H and O–H groups in total. The van der Waals surface area contributed by atoms with E-state index in [9.17, 15) is 20.1 Å². The average Bonchev–Trinajstić information content (AvgIpc) is 3.00. The van der Waals surface area contributed by atoms with E-state index in [4.69, 9.17) is 9.47 Å². The number of hydrogen-bond donors (Lipinski definition) is 5. The lowest BCUT2D eigenvalue weighted by molar-refractivity contribution is -0.121. The smallest absolute Gasteiger partial charge is 0.191 e. The van der Waals surface area contributed by atoms with Crippen molar-refractivity contribution in [2.45, 2.75) is 83.8 Å². The second-order valence-corrected chi connectivity index (χ2v) is 12.7. The number of aromatic hydroxyl groups is 2. The second kappa shape index (κ2) is 14.3. The molecule has 236 valence electrons. The van der Waals surface area contributed by atoms with Crippen LogP contribution in [0.15, 0.2) is 23.2 Å². The number of aryl methyl sites for hydroxylation is 2. The first-order valence-corrected chi connectivity index (χ1v) is 15.8. The summed E-state index contributed by atoms with van der Waals surface area (Å²) in [5, 5.41) is 39.5. The summed E-state index contributed by atoms with van der Waals surface area (Å²) < 4.78 is 11.7. The molecular formula is C35H45N3O6. The molecule has 0 saturated heterocycles. The van der Waals surface area contributed by atoms with Crippen molar-refractivity contribution in [1.29, 1.82) is 0 Å². The van der Waals surface area contributed by atoms with Crippen LogP contribution in [0.25, 0.3) is 0 Å². The molecule has 3 aliphatic rings. The summed E-state index contributed by atoms with van der Waals surface area (Å²) in [6.07, 6.45) is 3.87. The average molecular weight is 604 g/mol. The van der Waals surface area contributed by atoms with Crippen LogP contribution in [0, 0.1) is 23.7 Å². The van der Waals surface area contributed by atoms with Gasteiger partial charge in [-0.2, -0.15) is 0 Å². The minimum absolute atomic E-state index is 0.0269. The molecule has 44 heavy (non-hydrogen) atoms. The number of methoxy groups -OCH3 is 1. The Morgan fingerprint density at radius 1 is 1.14 bits per heavy atom. The van der Waals surface area contributed by atoms with Crippen LogP contribution in [0.5, 0.6) is 23.0 Å². The summed E-state index contributed by atoms with van der Waals surface area (Å²) in [4.78, 5) is 17.4. The molecule has 5 rings (SSSR count). The Morgan fingerprint density at radius 2 is 1.98 bits per heavy atom. The molecule has 1 aliphatic carbocycles. The highest BCUT2D eigenvalue weighted by molar-refractivity contribution is 5.80. The Balaban J connectivity index is 1.41. The van der Waals surface area contributed by atoms with E-state index in [-0.39, 0.29) is 54.3 Å². The molecular weight excluding hydrogens is 558 g/mol. The summed E-state index contributed by atoms with van der Waals surface area (Å²) in [5.41, 5.74) is 3.94. The molecule has 0 spiro atoms. The fourth-order valence-corrected chi connectivity index (χ4v) is 6.32. The number of guanidine groups is 1. The van der Waals surface area contributed by atoms with Crippen LogP contribution in [0.2, 0.25) is 0 Å². The fourth-order valence-electron chi connectivity index (χ4n) is 6.32. The van der Waals surface area contributed by atoms with Gasteiger partial charge in [-0.1, -0.05) is 37.8 Å². The number of Topliss-reactive ketones (excluding diaryl/α,β-unsaturated/α-hetero) is 1. The summed E-state index contributed by atoms with van der Waals surface area (Å²) in [6, 6.07) is 5.55. The van der Waals surface area contributed by atoms with Crippen LogP contribution in [-0.2, 0) is 30.5 Å². The predicted molar refractivity (Wildman–Crippen MR) is 170 cm³/mol. The van der Waals surface area contributed by atoms with Gasteiger partial charge < -0.3 is 35.4 Å². The number of rotatable bonds is 5. The molecule has 9 heteroatoms. The van der Waals surface area contributed by atoms with E-state index in [1.54, 1.807) is 12.1 Å². The zero-order valence-corrected chi connectivity index (χ0v) is 26.0. The van der Waals surface area contributed by atoms with Gasteiger partial charge in [-0.05, 0) is 67.6 Å². The summed E-state index contributed by atoms with van der Waals surface area (Å²) in [7, 11) is 1.47. The minimum atomic E-state index is -0.770. The number of fused-ring (bicyclic) bond motifs is 5. The minimum Gasteiger partial charge on any atom is -0.504 e. The number of carbonyl (C=O) groups is 1. The second-order valence-electron chi connectivity index (χ2n) is 12.7. The summed E-state index contributed by atoms with van der Waals surface area (Å²) in [6.45, 7) is 6.49. The Kier molecular flexibility index (Phi) is 10.2. The number of ketones is 1. The van der Waals surface area contributed by atoms with Crippen molar-refractivity contribution in [1.82, 2.24) is 10.6 Å². The van der Waals surface area contributed by atoms with Crippen LogP contribution < -0.4 is 20.1 Å². The monoisotopic (exact) mass is 603 g/mol. The molecule has 0 fully saturated rings. The van der Waals surface area contributed by atoms with Gasteiger partial charge >= 0.3 is 0 Å². The largest absolute Gasteiger partial charge is 0.504 e. The van der Waals surface area contributed by atoms with Gasteiger partial charge in [-0.15, -0.1) is 0 Å². The number of aliphatic hydroxyl groups excluding tert-OH is 1. The number of aliphatic hydroxyl groups is 1. The number of phenolic OH excluding ortho intramolecular Hbond substituents is 2. The molecule has 0 saturated carbocycles. The van der Waals surface area contributed by atoms with Crippen LogP contribution >= 0.6 is 0 Å². The van der Waals surface area contributed by atoms with E-state index in [1.807, 2.05) is 6.07 Å². The lowest BCUT2D eigenvalue weighted by Crippen LogP contribution is -2.48. The maximum absolute atomic E-state index is 12.8. The van der Waals surface area contributed by atoms with Crippen molar-refractivity contribution >= 4 is 11.7 Å². The summed E-state index contributed by atoms with van der Waals surface area (Å²) >= 11 is 0. The number of nitrogens with zero attached hydrogens (tertiary/aromatic N) is 1. The Bertz CT molecular complexity index is 1460. The van der Waals surface area contributed by atoms with Gasteiger partial charge in [0.15, 0.2) is 29.0 Å². The number of hydrogen-bond acceptors (Lipinski definition) is 9. The number of phenols is 2. The number of aliphatic imine (C=N–C) groups is 1. The quantitative estimate of drug-likeness (QED) is 0.326. The zero-order chi connectivity index (χ0) is 31.2. The third-order valence-corrected chi connectivity index (χ3v) is 8.67. The van der Waals surface area contributed by atoms with Gasteiger partial charge in [0, 0.05) is 49.5 Å².